The molecule has 3 nitrogen and oxygen atoms in total. The maximum atomic E-state index is 9.41. The van der Waals surface area contributed by atoms with Crippen molar-refractivity contribution in [1.29, 1.82) is 0 Å². The second-order valence-corrected chi connectivity index (χ2v) is 4.45. The zero-order valence-corrected chi connectivity index (χ0v) is 9.12. The largest absolute Gasteiger partial charge is 0.392 e. The lowest BCUT2D eigenvalue weighted by molar-refractivity contribution is 0.238. The first-order chi connectivity index (χ1) is 7.72. The van der Waals surface area contributed by atoms with Crippen molar-refractivity contribution in [2.75, 3.05) is 17.2 Å². The molecule has 0 saturated carbocycles. The first kappa shape index (κ1) is 9.48. The quantitative estimate of drug-likeness (QED) is 0.683. The average molecular weight is 214 g/mol. The molecule has 0 radical (unpaired) electrons. The van der Waals surface area contributed by atoms with Crippen LogP contribution in [0.15, 0.2) is 36.4 Å². The van der Waals surface area contributed by atoms with Gasteiger partial charge in [0.15, 0.2) is 0 Å². The number of aliphatic hydroxyl groups is 1. The lowest BCUT2D eigenvalue weighted by Crippen LogP contribution is -2.48. The molecule has 0 aromatic heterocycles. The molecule has 0 spiro atoms. The van der Waals surface area contributed by atoms with E-state index in [0.717, 1.165) is 11.4 Å². The molecule has 0 aliphatic carbocycles. The third kappa shape index (κ3) is 1.25. The predicted molar refractivity (Wildman–Crippen MR) is 66.7 cm³/mol. The summed E-state index contributed by atoms with van der Waals surface area (Å²) in [4.78, 5) is 0. The Morgan fingerprint density at radius 2 is 1.62 bits per heavy atom. The SMILES string of the molecule is CC1(CO)Nc2cccc3cccc(c23)N1. The van der Waals surface area contributed by atoms with E-state index in [2.05, 4.69) is 22.8 Å². The van der Waals surface area contributed by atoms with Gasteiger partial charge in [0.25, 0.3) is 0 Å². The van der Waals surface area contributed by atoms with E-state index >= 15 is 0 Å². The van der Waals surface area contributed by atoms with Gasteiger partial charge in [0.1, 0.15) is 5.66 Å². The molecule has 1 aliphatic heterocycles. The first-order valence-corrected chi connectivity index (χ1v) is 5.41. The van der Waals surface area contributed by atoms with Gasteiger partial charge in [-0.3, -0.25) is 0 Å². The summed E-state index contributed by atoms with van der Waals surface area (Å²) >= 11 is 0. The molecule has 3 N–H and O–H groups in total. The number of anilines is 2. The Bertz CT molecular complexity index is 510. The average Bonchev–Trinajstić information content (AvgIpc) is 2.29. The molecule has 0 unspecified atom stereocenters. The van der Waals surface area contributed by atoms with Gasteiger partial charge < -0.3 is 15.7 Å². The summed E-state index contributed by atoms with van der Waals surface area (Å²) in [6, 6.07) is 12.3. The van der Waals surface area contributed by atoms with E-state index in [1.807, 2.05) is 31.2 Å². The Morgan fingerprint density at radius 1 is 1.06 bits per heavy atom. The molecule has 0 amide bonds. The molecule has 1 aliphatic rings. The van der Waals surface area contributed by atoms with Crippen LogP contribution < -0.4 is 10.6 Å². The van der Waals surface area contributed by atoms with E-state index in [0.29, 0.717) is 0 Å². The highest BCUT2D eigenvalue weighted by atomic mass is 16.3. The van der Waals surface area contributed by atoms with Crippen LogP contribution in [-0.4, -0.2) is 17.4 Å². The van der Waals surface area contributed by atoms with Crippen LogP contribution in [0.3, 0.4) is 0 Å². The number of rotatable bonds is 1. The summed E-state index contributed by atoms with van der Waals surface area (Å²) in [7, 11) is 0. The van der Waals surface area contributed by atoms with Crippen LogP contribution in [0, 0.1) is 0 Å². The zero-order valence-electron chi connectivity index (χ0n) is 9.12. The fourth-order valence-electron chi connectivity index (χ4n) is 2.25. The molecule has 0 atom stereocenters. The normalized spacial score (nSPS) is 16.6. The summed E-state index contributed by atoms with van der Waals surface area (Å²) in [5.74, 6) is 0. The van der Waals surface area contributed by atoms with Crippen molar-refractivity contribution in [1.82, 2.24) is 0 Å². The molecular weight excluding hydrogens is 200 g/mol. The smallest absolute Gasteiger partial charge is 0.129 e. The van der Waals surface area contributed by atoms with E-state index in [1.165, 1.54) is 10.8 Å². The van der Waals surface area contributed by atoms with Gasteiger partial charge in [0.05, 0.1) is 6.61 Å². The van der Waals surface area contributed by atoms with Crippen molar-refractivity contribution in [3.63, 3.8) is 0 Å². The van der Waals surface area contributed by atoms with Gasteiger partial charge in [-0.25, -0.2) is 0 Å². The molecule has 3 rings (SSSR count). The van der Waals surface area contributed by atoms with Crippen molar-refractivity contribution >= 4 is 22.1 Å². The minimum absolute atomic E-state index is 0.0394. The van der Waals surface area contributed by atoms with E-state index in [9.17, 15) is 5.11 Å². The molecular formula is C13H14N2O. The topological polar surface area (TPSA) is 44.3 Å². The third-order valence-electron chi connectivity index (χ3n) is 3.04. The van der Waals surface area contributed by atoms with Crippen molar-refractivity contribution in [2.45, 2.75) is 12.6 Å². The minimum Gasteiger partial charge on any atom is -0.392 e. The van der Waals surface area contributed by atoms with Crippen molar-refractivity contribution in [3.8, 4) is 0 Å². The van der Waals surface area contributed by atoms with Crippen LogP contribution in [0.4, 0.5) is 11.4 Å². The van der Waals surface area contributed by atoms with Gasteiger partial charge in [0, 0.05) is 16.8 Å². The van der Waals surface area contributed by atoms with E-state index in [1.54, 1.807) is 0 Å². The van der Waals surface area contributed by atoms with E-state index in [-0.39, 0.29) is 6.61 Å². The Balaban J connectivity index is 2.28. The second kappa shape index (κ2) is 3.12. The van der Waals surface area contributed by atoms with E-state index < -0.39 is 5.66 Å². The van der Waals surface area contributed by atoms with Crippen LogP contribution in [0.1, 0.15) is 6.92 Å². The van der Waals surface area contributed by atoms with Crippen molar-refractivity contribution < 1.29 is 5.11 Å². The summed E-state index contributed by atoms with van der Waals surface area (Å²) in [5, 5.41) is 18.5. The van der Waals surface area contributed by atoms with Gasteiger partial charge in [-0.15, -0.1) is 0 Å². The first-order valence-electron chi connectivity index (χ1n) is 5.41. The molecule has 2 aromatic carbocycles. The zero-order chi connectivity index (χ0) is 11.2. The highest BCUT2D eigenvalue weighted by molar-refractivity contribution is 6.05. The van der Waals surface area contributed by atoms with Gasteiger partial charge in [-0.1, -0.05) is 24.3 Å². The monoisotopic (exact) mass is 214 g/mol. The predicted octanol–water partition coefficient (Wildman–Crippen LogP) is 2.39. The van der Waals surface area contributed by atoms with E-state index in [4.69, 9.17) is 0 Å². The number of hydrogen-bond acceptors (Lipinski definition) is 3. The number of aliphatic hydroxyl groups excluding tert-OH is 1. The second-order valence-electron chi connectivity index (χ2n) is 4.45. The maximum Gasteiger partial charge on any atom is 0.129 e. The fourth-order valence-corrected chi connectivity index (χ4v) is 2.25. The number of benzene rings is 2. The molecule has 3 heteroatoms. The number of hydrogen-bond donors (Lipinski definition) is 3. The molecule has 1 heterocycles. The Kier molecular flexibility index (Phi) is 1.85. The van der Waals surface area contributed by atoms with Crippen LogP contribution in [0.2, 0.25) is 0 Å². The minimum atomic E-state index is -0.483. The van der Waals surface area contributed by atoms with Gasteiger partial charge in [-0.05, 0) is 24.4 Å². The van der Waals surface area contributed by atoms with Crippen LogP contribution >= 0.6 is 0 Å². The Labute approximate surface area is 94.1 Å². The summed E-state index contributed by atoms with van der Waals surface area (Å²) in [6.07, 6.45) is 0. The van der Waals surface area contributed by atoms with Gasteiger partial charge in [0.2, 0.25) is 0 Å². The van der Waals surface area contributed by atoms with Crippen LogP contribution in [0.25, 0.3) is 10.8 Å². The molecule has 0 saturated heterocycles. The lowest BCUT2D eigenvalue weighted by Gasteiger charge is -2.37. The maximum absolute atomic E-state index is 9.41. The fraction of sp³-hybridized carbons (Fsp3) is 0.231. The molecule has 0 fully saturated rings. The molecule has 82 valence electrons. The standard InChI is InChI=1S/C13H14N2O/c1-13(8-16)14-10-6-2-4-9-5-3-7-11(15-13)12(9)10/h2-7,14-16H,8H2,1H3. The summed E-state index contributed by atoms with van der Waals surface area (Å²) in [6.45, 7) is 1.99. The van der Waals surface area contributed by atoms with Crippen LogP contribution in [-0.2, 0) is 0 Å². The molecule has 16 heavy (non-hydrogen) atoms. The summed E-state index contributed by atoms with van der Waals surface area (Å²) < 4.78 is 0. The highest BCUT2D eigenvalue weighted by Crippen LogP contribution is 2.37. The highest BCUT2D eigenvalue weighted by Gasteiger charge is 2.28. The van der Waals surface area contributed by atoms with Gasteiger partial charge >= 0.3 is 0 Å². The third-order valence-corrected chi connectivity index (χ3v) is 3.04. The number of nitrogens with one attached hydrogen (secondary N) is 2. The lowest BCUT2D eigenvalue weighted by atomic mass is 10.0. The van der Waals surface area contributed by atoms with Crippen LogP contribution in [0.5, 0.6) is 0 Å². The van der Waals surface area contributed by atoms with Crippen molar-refractivity contribution in [2.24, 2.45) is 0 Å². The molecule has 2 aromatic rings. The summed E-state index contributed by atoms with van der Waals surface area (Å²) in [5.41, 5.74) is 1.66. The molecule has 0 bridgehead atoms. The van der Waals surface area contributed by atoms with Gasteiger partial charge in [-0.2, -0.15) is 0 Å². The Morgan fingerprint density at radius 3 is 2.12 bits per heavy atom. The Hall–Kier alpha value is -1.74. The van der Waals surface area contributed by atoms with Crippen molar-refractivity contribution in [3.05, 3.63) is 36.4 Å².